The average Bonchev–Trinajstić information content (AvgIpc) is 2.43. The van der Waals surface area contributed by atoms with Crippen LogP contribution in [0.4, 0.5) is 0 Å². The molecule has 0 aromatic carbocycles. The molecular weight excluding hydrogens is 340 g/mol. The Morgan fingerprint density at radius 1 is 0.870 bits per heavy atom. The predicted octanol–water partition coefficient (Wildman–Crippen LogP) is 6.15. The molecule has 0 fully saturated rings. The molecule has 0 aromatic rings. The zero-order chi connectivity index (χ0) is 18.1. The van der Waals surface area contributed by atoms with Gasteiger partial charge in [-0.25, -0.2) is 0 Å². The standard InChI is InChI=1S/C17H40O3SSi2/c1-10-18-23(19-11-2,15-17(7,8)9)20-16(6)21-22(12-3,13-4)14-5/h16H,10-15H2,1-9H3. The summed E-state index contributed by atoms with van der Waals surface area (Å²) < 4.78 is 18.8. The highest BCUT2D eigenvalue weighted by Gasteiger charge is 2.46. The highest BCUT2D eigenvalue weighted by atomic mass is 32.4. The molecular formula is C17H40O3SSi2. The quantitative estimate of drug-likeness (QED) is 0.300. The van der Waals surface area contributed by atoms with Crippen LogP contribution in [0, 0.1) is 5.41 Å². The molecule has 0 aliphatic carbocycles. The monoisotopic (exact) mass is 380 g/mol. The number of hydrogen-bond donors (Lipinski definition) is 0. The van der Waals surface area contributed by atoms with Crippen LogP contribution in [0.15, 0.2) is 0 Å². The molecule has 0 heterocycles. The van der Waals surface area contributed by atoms with Gasteiger partial charge in [-0.15, -0.1) is 0 Å². The fraction of sp³-hybridized carbons (Fsp3) is 1.00. The molecule has 1 unspecified atom stereocenters. The topological polar surface area (TPSA) is 27.7 Å². The largest absolute Gasteiger partial charge is 0.502 e. The van der Waals surface area contributed by atoms with Gasteiger partial charge in [0, 0.05) is 19.3 Å². The van der Waals surface area contributed by atoms with Crippen LogP contribution in [0.5, 0.6) is 0 Å². The smallest absolute Gasteiger partial charge is 0.374 e. The Morgan fingerprint density at radius 3 is 1.61 bits per heavy atom. The zero-order valence-corrected chi connectivity index (χ0v) is 19.8. The van der Waals surface area contributed by atoms with Gasteiger partial charge in [-0.05, 0) is 26.2 Å². The summed E-state index contributed by atoms with van der Waals surface area (Å²) >= 11 is 2.09. The van der Waals surface area contributed by atoms with Crippen molar-refractivity contribution in [2.45, 2.75) is 91.9 Å². The summed E-state index contributed by atoms with van der Waals surface area (Å²) in [5, 5.41) is 0. The van der Waals surface area contributed by atoms with E-state index in [4.69, 9.17) is 13.3 Å². The predicted molar refractivity (Wildman–Crippen MR) is 109 cm³/mol. The van der Waals surface area contributed by atoms with Gasteiger partial charge in [-0.2, -0.15) is 11.2 Å². The lowest BCUT2D eigenvalue weighted by Crippen LogP contribution is -2.50. The molecule has 6 heteroatoms. The van der Waals surface area contributed by atoms with Crippen molar-refractivity contribution in [3.63, 3.8) is 0 Å². The molecule has 0 amide bonds. The van der Waals surface area contributed by atoms with Gasteiger partial charge in [0.1, 0.15) is 7.22 Å². The Hall–Kier alpha value is 0.664. The van der Waals surface area contributed by atoms with Crippen LogP contribution >= 0.6 is 11.2 Å². The maximum atomic E-state index is 6.55. The Morgan fingerprint density at radius 2 is 1.30 bits per heavy atom. The van der Waals surface area contributed by atoms with Gasteiger partial charge in [0.05, 0.1) is 5.44 Å². The van der Waals surface area contributed by atoms with Gasteiger partial charge in [-0.3, -0.25) is 0 Å². The van der Waals surface area contributed by atoms with Crippen molar-refractivity contribution in [2.24, 2.45) is 5.41 Å². The van der Waals surface area contributed by atoms with Crippen molar-refractivity contribution in [3.05, 3.63) is 0 Å². The van der Waals surface area contributed by atoms with Crippen LogP contribution < -0.4 is 0 Å². The van der Waals surface area contributed by atoms with E-state index >= 15 is 0 Å². The SMILES string of the molecule is CCO[Si](CC(C)(C)C)(OCC)OC(C)S[Si](CC)(CC)CC. The first kappa shape index (κ1) is 23.7. The fourth-order valence-corrected chi connectivity index (χ4v) is 13.5. The van der Waals surface area contributed by atoms with Gasteiger partial charge in [0.25, 0.3) is 0 Å². The molecule has 140 valence electrons. The van der Waals surface area contributed by atoms with Crippen molar-refractivity contribution < 1.29 is 13.3 Å². The van der Waals surface area contributed by atoms with Crippen molar-refractivity contribution in [1.29, 1.82) is 0 Å². The van der Waals surface area contributed by atoms with Crippen LogP contribution in [0.1, 0.15) is 62.3 Å². The van der Waals surface area contributed by atoms with Crippen molar-refractivity contribution in [1.82, 2.24) is 0 Å². The molecule has 0 saturated carbocycles. The second-order valence-corrected chi connectivity index (χ2v) is 18.6. The number of rotatable bonds is 12. The lowest BCUT2D eigenvalue weighted by Gasteiger charge is -2.38. The lowest BCUT2D eigenvalue weighted by atomic mass is 10.0. The molecule has 0 rings (SSSR count). The maximum Gasteiger partial charge on any atom is 0.502 e. The first-order valence-corrected chi connectivity index (χ1v) is 15.4. The minimum absolute atomic E-state index is 0.135. The van der Waals surface area contributed by atoms with E-state index in [9.17, 15) is 0 Å². The summed E-state index contributed by atoms with van der Waals surface area (Å²) in [7, 11) is -3.91. The third kappa shape index (κ3) is 8.54. The van der Waals surface area contributed by atoms with Crippen molar-refractivity contribution >= 4 is 27.2 Å². The average molecular weight is 381 g/mol. The van der Waals surface area contributed by atoms with Gasteiger partial charge in [0.15, 0.2) is 0 Å². The van der Waals surface area contributed by atoms with Crippen LogP contribution in [-0.4, -0.2) is 34.7 Å². The Bertz CT molecular complexity index is 303. The molecule has 0 saturated heterocycles. The molecule has 0 N–H and O–H groups in total. The minimum atomic E-state index is -2.63. The first-order chi connectivity index (χ1) is 10.6. The molecule has 0 spiro atoms. The second kappa shape index (κ2) is 10.6. The van der Waals surface area contributed by atoms with E-state index in [1.807, 2.05) is 13.8 Å². The molecule has 0 radical (unpaired) electrons. The Kier molecular flexibility index (Phi) is 10.9. The molecule has 0 aliphatic rings. The Labute approximate surface area is 151 Å². The lowest BCUT2D eigenvalue weighted by molar-refractivity contribution is 0.0551. The summed E-state index contributed by atoms with van der Waals surface area (Å²) in [5.74, 6) is 0. The highest BCUT2D eigenvalue weighted by molar-refractivity contribution is 8.29. The summed E-state index contributed by atoms with van der Waals surface area (Å²) in [6, 6.07) is 4.77. The molecule has 0 bridgehead atoms. The van der Waals surface area contributed by atoms with Crippen molar-refractivity contribution in [3.8, 4) is 0 Å². The highest BCUT2D eigenvalue weighted by Crippen LogP contribution is 2.39. The van der Waals surface area contributed by atoms with Gasteiger partial charge >= 0.3 is 8.80 Å². The zero-order valence-electron chi connectivity index (χ0n) is 17.0. The van der Waals surface area contributed by atoms with Crippen LogP contribution in [0.2, 0.25) is 24.2 Å². The van der Waals surface area contributed by atoms with Gasteiger partial charge in [0.2, 0.25) is 0 Å². The molecule has 3 nitrogen and oxygen atoms in total. The third-order valence-electron chi connectivity index (χ3n) is 4.17. The third-order valence-corrected chi connectivity index (χ3v) is 17.9. The number of hydrogen-bond acceptors (Lipinski definition) is 4. The summed E-state index contributed by atoms with van der Waals surface area (Å²) in [6.07, 6.45) is 0. The summed E-state index contributed by atoms with van der Waals surface area (Å²) in [4.78, 5) is 0. The van der Waals surface area contributed by atoms with E-state index in [0.29, 0.717) is 13.2 Å². The summed E-state index contributed by atoms with van der Waals surface area (Å²) in [5.41, 5.74) is 0.282. The van der Waals surface area contributed by atoms with Gasteiger partial charge < -0.3 is 13.3 Å². The van der Waals surface area contributed by atoms with E-state index in [1.165, 1.54) is 18.1 Å². The normalized spacial score (nSPS) is 15.0. The Balaban J connectivity index is 5.19. The van der Waals surface area contributed by atoms with Crippen LogP contribution in [0.25, 0.3) is 0 Å². The van der Waals surface area contributed by atoms with Gasteiger partial charge in [-0.1, -0.05) is 59.7 Å². The second-order valence-electron chi connectivity index (χ2n) is 7.33. The minimum Gasteiger partial charge on any atom is -0.374 e. The summed E-state index contributed by atoms with van der Waals surface area (Å²) in [6.45, 7) is 21.3. The molecule has 1 atom stereocenters. The molecule has 0 aliphatic heterocycles. The van der Waals surface area contributed by atoms with Crippen molar-refractivity contribution in [2.75, 3.05) is 13.2 Å². The van der Waals surface area contributed by atoms with E-state index in [1.54, 1.807) is 0 Å². The van der Waals surface area contributed by atoms with E-state index in [-0.39, 0.29) is 10.9 Å². The molecule has 0 aromatic heterocycles. The van der Waals surface area contributed by atoms with E-state index in [2.05, 4.69) is 59.7 Å². The van der Waals surface area contributed by atoms with Crippen LogP contribution in [0.3, 0.4) is 0 Å². The van der Waals surface area contributed by atoms with E-state index in [0.717, 1.165) is 6.04 Å². The van der Waals surface area contributed by atoms with Crippen LogP contribution in [-0.2, 0) is 13.3 Å². The maximum absolute atomic E-state index is 6.55. The molecule has 23 heavy (non-hydrogen) atoms. The van der Waals surface area contributed by atoms with E-state index < -0.39 is 16.0 Å². The fourth-order valence-electron chi connectivity index (χ4n) is 2.97. The first-order valence-electron chi connectivity index (χ1n) is 9.25.